The molecule has 10 nitrogen and oxygen atoms in total. The number of carbonyl (C=O) groups is 2. The van der Waals surface area contributed by atoms with E-state index >= 15 is 0 Å². The molecule has 2 N–H and O–H groups in total. The third-order valence-corrected chi connectivity index (χ3v) is 9.80. The van der Waals surface area contributed by atoms with Crippen LogP contribution in [0.3, 0.4) is 0 Å². The Morgan fingerprint density at radius 1 is 0.536 bits per heavy atom. The largest absolute Gasteiger partial charge is 0.494 e. The van der Waals surface area contributed by atoms with Gasteiger partial charge in [-0.15, -0.1) is 0 Å². The van der Waals surface area contributed by atoms with Crippen molar-refractivity contribution in [2.75, 3.05) is 26.4 Å². The number of hydrogen-bond donors (Lipinski definition) is 2. The van der Waals surface area contributed by atoms with Crippen molar-refractivity contribution in [3.8, 4) is 11.5 Å². The Kier molecular flexibility index (Phi) is 27.5. The second-order valence-electron chi connectivity index (χ2n) is 14.3. The SMILES string of the molecule is CCCCCCCCCCCCOc1ccc(/C=C/C(=O)OCC(COC(=O)/C=C/c2ccc(OCCCCCCCCCCCC)cc2)OP(=O)(O)O)cc1. The molecular formula is C45H69O10P. The predicted octanol–water partition coefficient (Wildman–Crippen LogP) is 11.6. The molecule has 2 aromatic carbocycles. The number of rotatable bonds is 34. The molecule has 0 fully saturated rings. The fourth-order valence-corrected chi connectivity index (χ4v) is 6.50. The van der Waals surface area contributed by atoms with E-state index in [1.807, 2.05) is 48.5 Å². The zero-order valence-electron chi connectivity index (χ0n) is 34.1. The first-order valence-corrected chi connectivity index (χ1v) is 22.6. The van der Waals surface area contributed by atoms with Gasteiger partial charge in [0.2, 0.25) is 0 Å². The zero-order valence-corrected chi connectivity index (χ0v) is 35.0. The van der Waals surface area contributed by atoms with E-state index in [4.69, 9.17) is 18.9 Å². The predicted molar refractivity (Wildman–Crippen MR) is 224 cm³/mol. The summed E-state index contributed by atoms with van der Waals surface area (Å²) in [6, 6.07) is 14.6. The monoisotopic (exact) mass is 800 g/mol. The molecule has 0 amide bonds. The van der Waals surface area contributed by atoms with E-state index in [0.717, 1.165) is 48.3 Å². The van der Waals surface area contributed by atoms with Gasteiger partial charge < -0.3 is 28.7 Å². The van der Waals surface area contributed by atoms with E-state index in [2.05, 4.69) is 18.4 Å². The van der Waals surface area contributed by atoms with Crippen molar-refractivity contribution in [1.29, 1.82) is 0 Å². The highest BCUT2D eigenvalue weighted by Crippen LogP contribution is 2.37. The third kappa shape index (κ3) is 27.2. The molecule has 2 aromatic rings. The van der Waals surface area contributed by atoms with Crippen LogP contribution in [0.5, 0.6) is 11.5 Å². The molecule has 0 spiro atoms. The topological polar surface area (TPSA) is 138 Å². The van der Waals surface area contributed by atoms with Crippen LogP contribution in [0.2, 0.25) is 0 Å². The fraction of sp³-hybridized carbons (Fsp3) is 0.600. The van der Waals surface area contributed by atoms with Gasteiger partial charge in [0.25, 0.3) is 0 Å². The molecule has 2 rings (SSSR count). The number of hydrogen-bond acceptors (Lipinski definition) is 8. The lowest BCUT2D eigenvalue weighted by Crippen LogP contribution is -2.27. The minimum atomic E-state index is -4.96. The van der Waals surface area contributed by atoms with Crippen LogP contribution >= 0.6 is 7.82 Å². The number of carbonyl (C=O) groups excluding carboxylic acids is 2. The van der Waals surface area contributed by atoms with Gasteiger partial charge in [-0.05, 0) is 60.4 Å². The van der Waals surface area contributed by atoms with Gasteiger partial charge >= 0.3 is 19.8 Å². The highest BCUT2D eigenvalue weighted by molar-refractivity contribution is 7.46. The maximum atomic E-state index is 12.3. The molecule has 0 heterocycles. The van der Waals surface area contributed by atoms with Crippen molar-refractivity contribution in [2.24, 2.45) is 0 Å². The Balaban J connectivity index is 1.64. The quantitative estimate of drug-likeness (QED) is 0.0304. The molecule has 0 saturated carbocycles. The molecule has 0 unspecified atom stereocenters. The van der Waals surface area contributed by atoms with Crippen LogP contribution in [0.25, 0.3) is 12.2 Å². The van der Waals surface area contributed by atoms with E-state index in [-0.39, 0.29) is 0 Å². The minimum Gasteiger partial charge on any atom is -0.494 e. The van der Waals surface area contributed by atoms with E-state index in [1.165, 1.54) is 115 Å². The average molecular weight is 801 g/mol. The van der Waals surface area contributed by atoms with Crippen molar-refractivity contribution in [2.45, 2.75) is 148 Å². The Labute approximate surface area is 336 Å². The molecule has 0 atom stereocenters. The number of phosphoric acid groups is 1. The fourth-order valence-electron chi connectivity index (χ4n) is 5.99. The van der Waals surface area contributed by atoms with Crippen LogP contribution in [0.15, 0.2) is 60.7 Å². The van der Waals surface area contributed by atoms with Crippen molar-refractivity contribution in [3.05, 3.63) is 71.8 Å². The molecule has 11 heteroatoms. The number of ether oxygens (including phenoxy) is 4. The summed E-state index contributed by atoms with van der Waals surface area (Å²) < 4.78 is 38.1. The maximum absolute atomic E-state index is 12.3. The van der Waals surface area contributed by atoms with Crippen LogP contribution in [-0.2, 0) is 28.2 Å². The van der Waals surface area contributed by atoms with Gasteiger partial charge in [-0.1, -0.05) is 154 Å². The summed E-state index contributed by atoms with van der Waals surface area (Å²) in [4.78, 5) is 43.3. The third-order valence-electron chi connectivity index (χ3n) is 9.23. The van der Waals surface area contributed by atoms with Crippen molar-refractivity contribution in [1.82, 2.24) is 0 Å². The highest BCUT2D eigenvalue weighted by Gasteiger charge is 2.24. The molecular weight excluding hydrogens is 731 g/mol. The Bertz CT molecular complexity index is 1310. The molecule has 56 heavy (non-hydrogen) atoms. The van der Waals surface area contributed by atoms with Crippen molar-refractivity contribution < 1.29 is 47.4 Å². The van der Waals surface area contributed by atoms with Gasteiger partial charge in [0.1, 0.15) is 30.8 Å². The second-order valence-corrected chi connectivity index (χ2v) is 15.5. The Hall–Kier alpha value is -3.43. The highest BCUT2D eigenvalue weighted by atomic mass is 31.2. The Morgan fingerprint density at radius 3 is 1.18 bits per heavy atom. The van der Waals surface area contributed by atoms with Crippen LogP contribution in [-0.4, -0.2) is 54.3 Å². The van der Waals surface area contributed by atoms with Gasteiger partial charge in [0.15, 0.2) is 0 Å². The summed E-state index contributed by atoms with van der Waals surface area (Å²) in [5.74, 6) is -0.0134. The maximum Gasteiger partial charge on any atom is 0.470 e. The summed E-state index contributed by atoms with van der Waals surface area (Å²) in [5.41, 5.74) is 1.48. The van der Waals surface area contributed by atoms with Gasteiger partial charge in [0, 0.05) is 12.2 Å². The van der Waals surface area contributed by atoms with Gasteiger partial charge in [0.05, 0.1) is 13.2 Å². The molecule has 0 aromatic heterocycles. The van der Waals surface area contributed by atoms with Crippen LogP contribution in [0.1, 0.15) is 153 Å². The lowest BCUT2D eigenvalue weighted by Gasteiger charge is -2.17. The lowest BCUT2D eigenvalue weighted by molar-refractivity contribution is -0.145. The summed E-state index contributed by atoms with van der Waals surface area (Å²) in [6.07, 6.45) is 29.4. The van der Waals surface area contributed by atoms with Crippen molar-refractivity contribution >= 4 is 31.9 Å². The first kappa shape index (κ1) is 48.7. The summed E-state index contributed by atoms with van der Waals surface area (Å²) in [6.45, 7) is 4.71. The standard InChI is InChI=1S/C45H69O10P/c1-3-5-7-9-11-13-15-17-19-21-35-51-41-29-23-39(24-30-41)27-33-44(46)53-37-43(55-56(48,49)50)38-54-45(47)34-28-40-25-31-42(32-26-40)52-36-22-20-18-16-14-12-10-8-6-4-2/h23-34,43H,3-22,35-38H2,1-2H3,(H2,48,49,50)/b33-27+,34-28+. The summed E-state index contributed by atoms with van der Waals surface area (Å²) in [7, 11) is -4.96. The van der Waals surface area contributed by atoms with E-state index in [1.54, 1.807) is 12.2 Å². The number of esters is 2. The van der Waals surface area contributed by atoms with Crippen LogP contribution < -0.4 is 9.47 Å². The first-order chi connectivity index (χ1) is 27.2. The van der Waals surface area contributed by atoms with Gasteiger partial charge in [-0.2, -0.15) is 0 Å². The van der Waals surface area contributed by atoms with E-state index in [0.29, 0.717) is 13.2 Å². The molecule has 0 saturated heterocycles. The van der Waals surface area contributed by atoms with Crippen LogP contribution in [0, 0.1) is 0 Å². The smallest absolute Gasteiger partial charge is 0.470 e. The Morgan fingerprint density at radius 2 is 0.857 bits per heavy atom. The molecule has 314 valence electrons. The molecule has 0 radical (unpaired) electrons. The average Bonchev–Trinajstić information content (AvgIpc) is 3.18. The number of phosphoric ester groups is 1. The summed E-state index contributed by atoms with van der Waals surface area (Å²) in [5, 5.41) is 0. The molecule has 0 bridgehead atoms. The lowest BCUT2D eigenvalue weighted by atomic mass is 10.1. The first-order valence-electron chi connectivity index (χ1n) is 21.1. The molecule has 0 aliphatic heterocycles. The number of benzene rings is 2. The van der Waals surface area contributed by atoms with Crippen LogP contribution in [0.4, 0.5) is 0 Å². The second kappa shape index (κ2) is 31.6. The zero-order chi connectivity index (χ0) is 40.5. The van der Waals surface area contributed by atoms with Gasteiger partial charge in [-0.3, -0.25) is 4.52 Å². The molecule has 0 aliphatic carbocycles. The summed E-state index contributed by atoms with van der Waals surface area (Å²) >= 11 is 0. The number of unbranched alkanes of at least 4 members (excludes halogenated alkanes) is 18. The molecule has 0 aliphatic rings. The van der Waals surface area contributed by atoms with E-state index < -0.39 is 39.1 Å². The van der Waals surface area contributed by atoms with Crippen molar-refractivity contribution in [3.63, 3.8) is 0 Å². The van der Waals surface area contributed by atoms with E-state index in [9.17, 15) is 23.9 Å². The minimum absolute atomic E-state index is 0.544. The van der Waals surface area contributed by atoms with Gasteiger partial charge in [-0.25, -0.2) is 14.2 Å². The normalized spacial score (nSPS) is 11.8.